The largest absolute Gasteiger partial charge is 0.481 e. The molecule has 0 aliphatic rings. The summed E-state index contributed by atoms with van der Waals surface area (Å²) in [5.74, 6) is -1.53. The van der Waals surface area contributed by atoms with Crippen LogP contribution in [0.1, 0.15) is 36.1 Å². The molecule has 23 heavy (non-hydrogen) atoms. The molecular formula is C17H18BrNO3S. The van der Waals surface area contributed by atoms with E-state index in [-0.39, 0.29) is 5.91 Å². The van der Waals surface area contributed by atoms with E-state index in [9.17, 15) is 9.59 Å². The summed E-state index contributed by atoms with van der Waals surface area (Å²) in [5.41, 5.74) is 1.32. The summed E-state index contributed by atoms with van der Waals surface area (Å²) in [7, 11) is 0. The predicted molar refractivity (Wildman–Crippen MR) is 96.1 cm³/mol. The van der Waals surface area contributed by atoms with Crippen LogP contribution < -0.4 is 5.32 Å². The van der Waals surface area contributed by atoms with Crippen LogP contribution >= 0.6 is 27.3 Å². The van der Waals surface area contributed by atoms with Gasteiger partial charge in [-0.1, -0.05) is 12.1 Å². The van der Waals surface area contributed by atoms with Gasteiger partial charge in [0.1, 0.15) is 0 Å². The van der Waals surface area contributed by atoms with Crippen molar-refractivity contribution in [1.29, 1.82) is 0 Å². The number of carbonyl (C=O) groups excluding carboxylic acids is 1. The Bertz CT molecular complexity index is 699. The molecule has 0 aliphatic heterocycles. The van der Waals surface area contributed by atoms with Crippen LogP contribution in [0.15, 0.2) is 40.2 Å². The minimum atomic E-state index is -0.879. The summed E-state index contributed by atoms with van der Waals surface area (Å²) in [4.78, 5) is 24.3. The fourth-order valence-corrected chi connectivity index (χ4v) is 3.69. The first-order valence-electron chi connectivity index (χ1n) is 7.32. The number of hydrogen-bond acceptors (Lipinski definition) is 3. The van der Waals surface area contributed by atoms with Crippen LogP contribution in [0.3, 0.4) is 0 Å². The van der Waals surface area contributed by atoms with E-state index < -0.39 is 11.9 Å². The fraction of sp³-hybridized carbons (Fsp3) is 0.294. The lowest BCUT2D eigenvalue weighted by atomic mass is 10.0. The number of aryl methyl sites for hydroxylation is 1. The van der Waals surface area contributed by atoms with Crippen molar-refractivity contribution in [2.75, 3.05) is 5.32 Å². The number of nitrogens with one attached hydrogen (secondary N) is 1. The maximum atomic E-state index is 12.0. The van der Waals surface area contributed by atoms with Gasteiger partial charge in [0.15, 0.2) is 0 Å². The average molecular weight is 396 g/mol. The van der Waals surface area contributed by atoms with E-state index in [1.807, 2.05) is 6.07 Å². The molecule has 2 rings (SSSR count). The molecule has 4 nitrogen and oxygen atoms in total. The molecule has 0 fully saturated rings. The van der Waals surface area contributed by atoms with Crippen molar-refractivity contribution in [1.82, 2.24) is 0 Å². The van der Waals surface area contributed by atoms with E-state index in [0.29, 0.717) is 17.7 Å². The minimum Gasteiger partial charge on any atom is -0.481 e. The summed E-state index contributed by atoms with van der Waals surface area (Å²) >= 11 is 5.10. The molecule has 122 valence electrons. The first-order chi connectivity index (χ1) is 11.0. The zero-order valence-electron chi connectivity index (χ0n) is 12.7. The lowest BCUT2D eigenvalue weighted by molar-refractivity contribution is -0.138. The Balaban J connectivity index is 1.85. The highest BCUT2D eigenvalue weighted by Gasteiger charge is 2.14. The molecule has 0 saturated heterocycles. The Kier molecular flexibility index (Phi) is 6.36. The van der Waals surface area contributed by atoms with Gasteiger partial charge in [-0.2, -0.15) is 0 Å². The van der Waals surface area contributed by atoms with Gasteiger partial charge in [-0.3, -0.25) is 9.59 Å². The lowest BCUT2D eigenvalue weighted by Gasteiger charge is -2.10. The second-order valence-corrected chi connectivity index (χ2v) is 7.84. The van der Waals surface area contributed by atoms with Gasteiger partial charge in [-0.15, -0.1) is 11.3 Å². The van der Waals surface area contributed by atoms with E-state index in [4.69, 9.17) is 5.11 Å². The molecule has 0 aliphatic carbocycles. The molecule has 0 radical (unpaired) electrons. The second kappa shape index (κ2) is 8.26. The monoisotopic (exact) mass is 395 g/mol. The third-order valence-corrected chi connectivity index (χ3v) is 5.18. The summed E-state index contributed by atoms with van der Waals surface area (Å²) in [5, 5.41) is 11.9. The van der Waals surface area contributed by atoms with Gasteiger partial charge in [0, 0.05) is 17.0 Å². The predicted octanol–water partition coefficient (Wildman–Crippen LogP) is 4.66. The first-order valence-corrected chi connectivity index (χ1v) is 8.93. The Labute approximate surface area is 147 Å². The van der Waals surface area contributed by atoms with Gasteiger partial charge in [-0.05, 0) is 65.5 Å². The lowest BCUT2D eigenvalue weighted by Crippen LogP contribution is -2.12. The van der Waals surface area contributed by atoms with Crippen molar-refractivity contribution >= 4 is 44.8 Å². The molecule has 0 bridgehead atoms. The molecule has 1 aromatic heterocycles. The number of anilines is 1. The Morgan fingerprint density at radius 3 is 2.74 bits per heavy atom. The van der Waals surface area contributed by atoms with Crippen LogP contribution in [0.4, 0.5) is 5.69 Å². The topological polar surface area (TPSA) is 66.4 Å². The van der Waals surface area contributed by atoms with E-state index in [1.54, 1.807) is 42.5 Å². The van der Waals surface area contributed by atoms with E-state index in [0.717, 1.165) is 16.6 Å². The first kappa shape index (κ1) is 17.7. The van der Waals surface area contributed by atoms with E-state index in [1.165, 1.54) is 4.88 Å². The number of carbonyl (C=O) groups is 2. The molecule has 2 aromatic rings. The van der Waals surface area contributed by atoms with Crippen molar-refractivity contribution in [3.63, 3.8) is 0 Å². The number of benzene rings is 1. The number of carboxylic acids is 1. The van der Waals surface area contributed by atoms with Crippen LogP contribution in [-0.4, -0.2) is 17.0 Å². The number of hydrogen-bond donors (Lipinski definition) is 2. The highest BCUT2D eigenvalue weighted by molar-refractivity contribution is 9.11. The minimum absolute atomic E-state index is 0.0549. The summed E-state index contributed by atoms with van der Waals surface area (Å²) < 4.78 is 1.10. The smallest absolute Gasteiger partial charge is 0.310 e. The Hall–Kier alpha value is -1.66. The quantitative estimate of drug-likeness (QED) is 0.716. The van der Waals surface area contributed by atoms with Crippen LogP contribution in [0.5, 0.6) is 0 Å². The normalized spacial score (nSPS) is 11.9. The van der Waals surface area contributed by atoms with Crippen LogP contribution in [0.25, 0.3) is 0 Å². The van der Waals surface area contributed by atoms with Gasteiger partial charge in [0.05, 0.1) is 9.70 Å². The highest BCUT2D eigenvalue weighted by Crippen LogP contribution is 2.23. The number of carboxylic acid groups (broad SMARTS) is 1. The zero-order valence-corrected chi connectivity index (χ0v) is 15.1. The number of halogens is 1. The standard InChI is InChI=1S/C17H18BrNO3S/c1-11(17(21)22)12-4-2-5-13(10-12)19-16(20)7-3-6-14-8-9-15(18)23-14/h2,4-5,8-11H,3,6-7H2,1H3,(H,19,20)(H,21,22). The van der Waals surface area contributed by atoms with Gasteiger partial charge in [-0.25, -0.2) is 0 Å². The van der Waals surface area contributed by atoms with Crippen molar-refractivity contribution in [3.05, 3.63) is 50.6 Å². The molecule has 1 atom stereocenters. The van der Waals surface area contributed by atoms with Crippen molar-refractivity contribution in [2.24, 2.45) is 0 Å². The van der Waals surface area contributed by atoms with E-state index >= 15 is 0 Å². The van der Waals surface area contributed by atoms with Crippen molar-refractivity contribution in [3.8, 4) is 0 Å². The highest BCUT2D eigenvalue weighted by atomic mass is 79.9. The van der Waals surface area contributed by atoms with Crippen LogP contribution in [0, 0.1) is 0 Å². The third-order valence-electron chi connectivity index (χ3n) is 3.50. The number of rotatable bonds is 7. The molecule has 1 heterocycles. The maximum Gasteiger partial charge on any atom is 0.310 e. The van der Waals surface area contributed by atoms with Gasteiger partial charge >= 0.3 is 5.97 Å². The van der Waals surface area contributed by atoms with Crippen molar-refractivity contribution < 1.29 is 14.7 Å². The molecule has 2 N–H and O–H groups in total. The van der Waals surface area contributed by atoms with Gasteiger partial charge in [0.2, 0.25) is 5.91 Å². The summed E-state index contributed by atoms with van der Waals surface area (Å²) in [6, 6.07) is 11.1. The Morgan fingerprint density at radius 2 is 2.09 bits per heavy atom. The molecule has 1 aromatic carbocycles. The SMILES string of the molecule is CC(C(=O)O)c1cccc(NC(=O)CCCc2ccc(Br)s2)c1. The van der Waals surface area contributed by atoms with Gasteiger partial charge in [0.25, 0.3) is 0 Å². The third kappa shape index (κ3) is 5.48. The number of thiophene rings is 1. The second-order valence-electron chi connectivity index (χ2n) is 5.29. The fourth-order valence-electron chi connectivity index (χ4n) is 2.16. The summed E-state index contributed by atoms with van der Waals surface area (Å²) in [6.07, 6.45) is 2.10. The average Bonchev–Trinajstić information content (AvgIpc) is 2.92. The molecule has 0 spiro atoms. The summed E-state index contributed by atoms with van der Waals surface area (Å²) in [6.45, 7) is 1.63. The van der Waals surface area contributed by atoms with Crippen LogP contribution in [0.2, 0.25) is 0 Å². The molecular weight excluding hydrogens is 378 g/mol. The van der Waals surface area contributed by atoms with Crippen LogP contribution in [-0.2, 0) is 16.0 Å². The van der Waals surface area contributed by atoms with E-state index in [2.05, 4.69) is 27.3 Å². The molecule has 1 amide bonds. The molecule has 0 saturated carbocycles. The number of aliphatic carboxylic acids is 1. The zero-order chi connectivity index (χ0) is 16.8. The Morgan fingerprint density at radius 1 is 1.30 bits per heavy atom. The molecule has 6 heteroatoms. The van der Waals surface area contributed by atoms with Crippen molar-refractivity contribution in [2.45, 2.75) is 32.1 Å². The van der Waals surface area contributed by atoms with Gasteiger partial charge < -0.3 is 10.4 Å². The maximum absolute atomic E-state index is 12.0. The number of amides is 1. The molecule has 1 unspecified atom stereocenters.